The van der Waals surface area contributed by atoms with Gasteiger partial charge in [-0.15, -0.1) is 0 Å². The topological polar surface area (TPSA) is 74.1 Å². The van der Waals surface area contributed by atoms with E-state index in [0.717, 1.165) is 30.1 Å². The van der Waals surface area contributed by atoms with Crippen molar-refractivity contribution in [2.75, 3.05) is 19.0 Å². The van der Waals surface area contributed by atoms with Crippen LogP contribution in [0.25, 0.3) is 0 Å². The highest BCUT2D eigenvalue weighted by Gasteiger charge is 2.31. The molecule has 1 aliphatic heterocycles. The van der Waals surface area contributed by atoms with Crippen molar-refractivity contribution < 1.29 is 9.47 Å². The van der Waals surface area contributed by atoms with E-state index >= 15 is 0 Å². The molecule has 2 atom stereocenters. The van der Waals surface area contributed by atoms with E-state index in [-0.39, 0.29) is 12.1 Å². The van der Waals surface area contributed by atoms with Crippen molar-refractivity contribution in [2.24, 2.45) is 7.05 Å². The minimum atomic E-state index is -0.0139. The molecule has 0 radical (unpaired) electrons. The maximum absolute atomic E-state index is 5.83. The fraction of sp³-hybridized carbons (Fsp3) is 0.500. The summed E-state index contributed by atoms with van der Waals surface area (Å²) in [6, 6.07) is 2.43. The normalized spacial score (nSPS) is 21.5. The van der Waals surface area contributed by atoms with Crippen molar-refractivity contribution in [3.8, 4) is 6.01 Å². The molecule has 2 aromatic rings. The molecule has 1 fully saturated rings. The summed E-state index contributed by atoms with van der Waals surface area (Å²) in [5.41, 5.74) is 1.94. The van der Waals surface area contributed by atoms with Gasteiger partial charge in [-0.1, -0.05) is 0 Å². The fourth-order valence-electron chi connectivity index (χ4n) is 2.55. The molecule has 0 aliphatic carbocycles. The lowest BCUT2D eigenvalue weighted by Gasteiger charge is -2.19. The predicted molar refractivity (Wildman–Crippen MR) is 77.2 cm³/mol. The van der Waals surface area contributed by atoms with E-state index in [0.29, 0.717) is 6.01 Å². The van der Waals surface area contributed by atoms with Crippen molar-refractivity contribution in [3.63, 3.8) is 0 Å². The molecular weight excluding hydrogens is 270 g/mol. The molecule has 7 heteroatoms. The molecule has 0 aromatic carbocycles. The first-order chi connectivity index (χ1) is 10.2. The third-order valence-electron chi connectivity index (χ3n) is 3.49. The number of aryl methyl sites for hydroxylation is 2. The molecule has 21 heavy (non-hydrogen) atoms. The van der Waals surface area contributed by atoms with Crippen molar-refractivity contribution in [2.45, 2.75) is 25.5 Å². The molecule has 2 aromatic heterocycles. The zero-order chi connectivity index (χ0) is 14.8. The van der Waals surface area contributed by atoms with Gasteiger partial charge in [0.2, 0.25) is 0 Å². The van der Waals surface area contributed by atoms with Gasteiger partial charge in [-0.2, -0.15) is 10.1 Å². The van der Waals surface area contributed by atoms with Gasteiger partial charge in [-0.25, -0.2) is 4.98 Å². The quantitative estimate of drug-likeness (QED) is 0.918. The maximum atomic E-state index is 5.83. The maximum Gasteiger partial charge on any atom is 0.318 e. The largest absolute Gasteiger partial charge is 0.467 e. The van der Waals surface area contributed by atoms with Crippen LogP contribution in [0.3, 0.4) is 0 Å². The number of methoxy groups -OCH3 is 1. The molecule has 1 saturated heterocycles. The predicted octanol–water partition coefficient (Wildman–Crippen LogP) is 1.47. The van der Waals surface area contributed by atoms with Crippen LogP contribution in [0.5, 0.6) is 6.01 Å². The SMILES string of the molecule is COc1nc(C)cc(N[C@H]2CCO[C@@H]2c2cnn(C)c2)n1. The third kappa shape index (κ3) is 2.97. The van der Waals surface area contributed by atoms with E-state index in [1.54, 1.807) is 11.8 Å². The van der Waals surface area contributed by atoms with E-state index in [1.165, 1.54) is 0 Å². The second-order valence-corrected chi connectivity index (χ2v) is 5.16. The molecule has 112 valence electrons. The number of nitrogens with one attached hydrogen (secondary N) is 1. The van der Waals surface area contributed by atoms with Gasteiger partial charge in [0.1, 0.15) is 11.9 Å². The lowest BCUT2D eigenvalue weighted by atomic mass is 10.1. The van der Waals surface area contributed by atoms with E-state index < -0.39 is 0 Å². The minimum absolute atomic E-state index is 0.0139. The summed E-state index contributed by atoms with van der Waals surface area (Å²) in [6.07, 6.45) is 4.73. The molecule has 0 bridgehead atoms. The van der Waals surface area contributed by atoms with Gasteiger partial charge in [-0.3, -0.25) is 4.68 Å². The number of nitrogens with zero attached hydrogens (tertiary/aromatic N) is 4. The van der Waals surface area contributed by atoms with Crippen LogP contribution in [-0.2, 0) is 11.8 Å². The standard InChI is InChI=1S/C14H19N5O2/c1-9-6-12(18-14(16-9)20-3)17-11-4-5-21-13(11)10-7-15-19(2)8-10/h6-8,11,13H,4-5H2,1-3H3,(H,16,17,18)/t11-,13+/m0/s1. The Bertz CT molecular complexity index is 628. The van der Waals surface area contributed by atoms with Gasteiger partial charge in [0.25, 0.3) is 0 Å². The summed E-state index contributed by atoms with van der Waals surface area (Å²) in [4.78, 5) is 8.52. The molecular formula is C14H19N5O2. The van der Waals surface area contributed by atoms with Crippen molar-refractivity contribution in [1.82, 2.24) is 19.7 Å². The summed E-state index contributed by atoms with van der Waals surface area (Å²) >= 11 is 0. The summed E-state index contributed by atoms with van der Waals surface area (Å²) < 4.78 is 12.7. The van der Waals surface area contributed by atoms with Crippen LogP contribution >= 0.6 is 0 Å². The second kappa shape index (κ2) is 5.69. The van der Waals surface area contributed by atoms with E-state index in [4.69, 9.17) is 9.47 Å². The van der Waals surface area contributed by atoms with Gasteiger partial charge in [0.05, 0.1) is 19.3 Å². The van der Waals surface area contributed by atoms with Gasteiger partial charge in [-0.05, 0) is 13.3 Å². The molecule has 1 N–H and O–H groups in total. The van der Waals surface area contributed by atoms with Crippen LogP contribution in [0, 0.1) is 6.92 Å². The van der Waals surface area contributed by atoms with Crippen LogP contribution in [0.1, 0.15) is 23.8 Å². The third-order valence-corrected chi connectivity index (χ3v) is 3.49. The highest BCUT2D eigenvalue weighted by molar-refractivity contribution is 5.39. The van der Waals surface area contributed by atoms with Gasteiger partial charge >= 0.3 is 6.01 Å². The number of ether oxygens (including phenoxy) is 2. The molecule has 0 amide bonds. The molecule has 0 unspecified atom stereocenters. The number of hydrogen-bond acceptors (Lipinski definition) is 6. The Morgan fingerprint density at radius 1 is 1.43 bits per heavy atom. The van der Waals surface area contributed by atoms with Gasteiger partial charge < -0.3 is 14.8 Å². The lowest BCUT2D eigenvalue weighted by Crippen LogP contribution is -2.23. The van der Waals surface area contributed by atoms with E-state index in [2.05, 4.69) is 20.4 Å². The first kappa shape index (κ1) is 13.8. The van der Waals surface area contributed by atoms with Gasteiger partial charge in [0, 0.05) is 37.2 Å². The lowest BCUT2D eigenvalue weighted by molar-refractivity contribution is 0.107. The van der Waals surface area contributed by atoms with Crippen LogP contribution in [0.2, 0.25) is 0 Å². The molecule has 0 saturated carbocycles. The van der Waals surface area contributed by atoms with Crippen molar-refractivity contribution >= 4 is 5.82 Å². The monoisotopic (exact) mass is 289 g/mol. The average Bonchev–Trinajstić information content (AvgIpc) is 3.06. The highest BCUT2D eigenvalue weighted by Crippen LogP contribution is 2.31. The Labute approximate surface area is 123 Å². The Kier molecular flexibility index (Phi) is 3.74. The summed E-state index contributed by atoms with van der Waals surface area (Å²) in [5, 5.41) is 7.63. The zero-order valence-electron chi connectivity index (χ0n) is 12.4. The molecule has 3 heterocycles. The molecule has 7 nitrogen and oxygen atoms in total. The molecule has 0 spiro atoms. The van der Waals surface area contributed by atoms with Gasteiger partial charge in [0.15, 0.2) is 0 Å². The zero-order valence-corrected chi connectivity index (χ0v) is 12.4. The van der Waals surface area contributed by atoms with Crippen LogP contribution in [-0.4, -0.2) is 39.5 Å². The van der Waals surface area contributed by atoms with Crippen LogP contribution < -0.4 is 10.1 Å². The summed E-state index contributed by atoms with van der Waals surface area (Å²) in [7, 11) is 3.47. The first-order valence-corrected chi connectivity index (χ1v) is 6.92. The number of rotatable bonds is 4. The van der Waals surface area contributed by atoms with Crippen molar-refractivity contribution in [1.29, 1.82) is 0 Å². The second-order valence-electron chi connectivity index (χ2n) is 5.16. The molecule has 1 aliphatic rings. The molecule has 3 rings (SSSR count). The summed E-state index contributed by atoms with van der Waals surface area (Å²) in [6.45, 7) is 2.64. The van der Waals surface area contributed by atoms with Crippen LogP contribution in [0.4, 0.5) is 5.82 Å². The fourth-order valence-corrected chi connectivity index (χ4v) is 2.55. The van der Waals surface area contributed by atoms with E-state index in [1.807, 2.05) is 32.4 Å². The number of anilines is 1. The van der Waals surface area contributed by atoms with Crippen molar-refractivity contribution in [3.05, 3.63) is 29.7 Å². The number of aromatic nitrogens is 4. The average molecular weight is 289 g/mol. The Morgan fingerprint density at radius 3 is 3.00 bits per heavy atom. The minimum Gasteiger partial charge on any atom is -0.467 e. The smallest absolute Gasteiger partial charge is 0.318 e. The first-order valence-electron chi connectivity index (χ1n) is 6.92. The Morgan fingerprint density at radius 2 is 2.29 bits per heavy atom. The highest BCUT2D eigenvalue weighted by atomic mass is 16.5. The van der Waals surface area contributed by atoms with Crippen LogP contribution in [0.15, 0.2) is 18.5 Å². The van der Waals surface area contributed by atoms with E-state index in [9.17, 15) is 0 Å². The Hall–Kier alpha value is -2.15. The number of hydrogen-bond donors (Lipinski definition) is 1. The summed E-state index contributed by atoms with van der Waals surface area (Å²) in [5.74, 6) is 0.753. The Balaban J connectivity index is 1.78.